The molecular weight excluding hydrogens is 268 g/mol. The molecule has 4 heteroatoms. The van der Waals surface area contributed by atoms with Gasteiger partial charge in [-0.2, -0.15) is 0 Å². The van der Waals surface area contributed by atoms with E-state index in [4.69, 9.17) is 5.73 Å². The van der Waals surface area contributed by atoms with E-state index in [1.165, 1.54) is 11.8 Å². The number of nitrogens with two attached hydrogens (primary N) is 1. The van der Waals surface area contributed by atoms with Crippen LogP contribution in [0.15, 0.2) is 53.4 Å². The van der Waals surface area contributed by atoms with Crippen LogP contribution in [-0.2, 0) is 4.79 Å². The van der Waals surface area contributed by atoms with Crippen molar-refractivity contribution in [3.63, 3.8) is 0 Å². The molecule has 1 atom stereocenters. The van der Waals surface area contributed by atoms with E-state index in [0.717, 1.165) is 21.8 Å². The smallest absolute Gasteiger partial charge is 0.237 e. The topological polar surface area (TPSA) is 55.1 Å². The molecule has 0 fully saturated rings. The van der Waals surface area contributed by atoms with Gasteiger partial charge in [-0.3, -0.25) is 4.79 Å². The molecule has 0 bridgehead atoms. The highest BCUT2D eigenvalue weighted by Crippen LogP contribution is 2.29. The first-order chi connectivity index (χ1) is 9.58. The molecule has 0 aliphatic rings. The van der Waals surface area contributed by atoms with Gasteiger partial charge < -0.3 is 11.1 Å². The lowest BCUT2D eigenvalue weighted by molar-refractivity contribution is -0.115. The van der Waals surface area contributed by atoms with Crippen molar-refractivity contribution in [3.8, 4) is 0 Å². The van der Waals surface area contributed by atoms with Gasteiger partial charge in [0.05, 0.1) is 5.25 Å². The van der Waals surface area contributed by atoms with Crippen molar-refractivity contribution < 1.29 is 4.79 Å². The van der Waals surface area contributed by atoms with Crippen LogP contribution in [0.3, 0.4) is 0 Å². The summed E-state index contributed by atoms with van der Waals surface area (Å²) in [6.07, 6.45) is 0. The summed E-state index contributed by atoms with van der Waals surface area (Å²) in [5.74, 6) is -0.0111. The van der Waals surface area contributed by atoms with Crippen LogP contribution in [0.1, 0.15) is 12.5 Å². The Hall–Kier alpha value is -1.94. The van der Waals surface area contributed by atoms with E-state index in [1.807, 2.05) is 62.4 Å². The van der Waals surface area contributed by atoms with E-state index in [-0.39, 0.29) is 11.2 Å². The third-order valence-corrected chi connectivity index (χ3v) is 4.30. The molecule has 2 aromatic rings. The first kappa shape index (κ1) is 14.5. The average molecular weight is 286 g/mol. The zero-order valence-corrected chi connectivity index (χ0v) is 12.4. The third-order valence-electron chi connectivity index (χ3n) is 3.04. The second-order valence-electron chi connectivity index (χ2n) is 4.59. The first-order valence-corrected chi connectivity index (χ1v) is 7.33. The molecule has 0 aromatic heterocycles. The van der Waals surface area contributed by atoms with Crippen LogP contribution in [0.5, 0.6) is 0 Å². The van der Waals surface area contributed by atoms with E-state index < -0.39 is 0 Å². The number of rotatable bonds is 4. The number of hydrogen-bond acceptors (Lipinski definition) is 3. The monoisotopic (exact) mass is 286 g/mol. The maximum atomic E-state index is 12.1. The number of thioether (sulfide) groups is 1. The van der Waals surface area contributed by atoms with E-state index in [2.05, 4.69) is 5.32 Å². The third kappa shape index (κ3) is 3.54. The summed E-state index contributed by atoms with van der Waals surface area (Å²) in [6, 6.07) is 15.2. The minimum Gasteiger partial charge on any atom is -0.398 e. The molecule has 0 spiro atoms. The quantitative estimate of drug-likeness (QED) is 0.665. The van der Waals surface area contributed by atoms with Gasteiger partial charge in [0.25, 0.3) is 0 Å². The zero-order valence-electron chi connectivity index (χ0n) is 11.6. The Morgan fingerprint density at radius 2 is 1.85 bits per heavy atom. The Balaban J connectivity index is 2.03. The molecular formula is C16H18N2OS. The van der Waals surface area contributed by atoms with Crippen molar-refractivity contribution in [1.82, 2.24) is 0 Å². The van der Waals surface area contributed by atoms with Gasteiger partial charge in [-0.05, 0) is 43.7 Å². The lowest BCUT2D eigenvalue weighted by atomic mass is 10.2. The molecule has 1 unspecified atom stereocenters. The van der Waals surface area contributed by atoms with Gasteiger partial charge in [-0.15, -0.1) is 11.8 Å². The second kappa shape index (κ2) is 6.48. The molecule has 104 valence electrons. The van der Waals surface area contributed by atoms with Crippen LogP contribution in [0.25, 0.3) is 0 Å². The van der Waals surface area contributed by atoms with Crippen LogP contribution in [0.4, 0.5) is 11.4 Å². The van der Waals surface area contributed by atoms with Crippen molar-refractivity contribution in [3.05, 3.63) is 54.1 Å². The number of carbonyl (C=O) groups excluding carboxylic acids is 1. The second-order valence-corrected chi connectivity index (χ2v) is 5.97. The summed E-state index contributed by atoms with van der Waals surface area (Å²) >= 11 is 1.52. The number of anilines is 2. The first-order valence-electron chi connectivity index (χ1n) is 6.45. The fourth-order valence-electron chi connectivity index (χ4n) is 1.77. The van der Waals surface area contributed by atoms with E-state index >= 15 is 0 Å². The Morgan fingerprint density at radius 1 is 1.15 bits per heavy atom. The van der Waals surface area contributed by atoms with Gasteiger partial charge in [0.1, 0.15) is 0 Å². The lowest BCUT2D eigenvalue weighted by Crippen LogP contribution is -2.22. The molecule has 0 heterocycles. The van der Waals surface area contributed by atoms with E-state index in [9.17, 15) is 4.79 Å². The molecule has 0 saturated carbocycles. The van der Waals surface area contributed by atoms with Gasteiger partial charge in [0, 0.05) is 16.3 Å². The van der Waals surface area contributed by atoms with Gasteiger partial charge in [-0.1, -0.05) is 24.3 Å². The number of nitrogens with one attached hydrogen (secondary N) is 1. The predicted octanol–water partition coefficient (Wildman–Crippen LogP) is 3.70. The summed E-state index contributed by atoms with van der Waals surface area (Å²) in [5.41, 5.74) is 8.48. The predicted molar refractivity (Wildman–Crippen MR) is 86.0 cm³/mol. The van der Waals surface area contributed by atoms with Crippen molar-refractivity contribution >= 4 is 29.0 Å². The number of carbonyl (C=O) groups is 1. The Labute approximate surface area is 123 Å². The van der Waals surface area contributed by atoms with Crippen molar-refractivity contribution in [1.29, 1.82) is 0 Å². The van der Waals surface area contributed by atoms with Crippen LogP contribution in [-0.4, -0.2) is 11.2 Å². The molecule has 20 heavy (non-hydrogen) atoms. The number of para-hydroxylation sites is 1. The van der Waals surface area contributed by atoms with E-state index in [0.29, 0.717) is 0 Å². The van der Waals surface area contributed by atoms with Gasteiger partial charge in [0.2, 0.25) is 5.91 Å². The Morgan fingerprint density at radius 3 is 2.55 bits per heavy atom. The fraction of sp³-hybridized carbons (Fsp3) is 0.188. The van der Waals surface area contributed by atoms with Crippen LogP contribution >= 0.6 is 11.8 Å². The van der Waals surface area contributed by atoms with E-state index in [1.54, 1.807) is 0 Å². The maximum absolute atomic E-state index is 12.1. The molecule has 0 aliphatic heterocycles. The number of benzene rings is 2. The normalized spacial score (nSPS) is 11.9. The minimum absolute atomic E-state index is 0.0111. The summed E-state index contributed by atoms with van der Waals surface area (Å²) in [6.45, 7) is 3.87. The molecule has 2 aromatic carbocycles. The molecule has 3 N–H and O–H groups in total. The summed E-state index contributed by atoms with van der Waals surface area (Å²) in [4.78, 5) is 13.2. The number of hydrogen-bond donors (Lipinski definition) is 2. The lowest BCUT2D eigenvalue weighted by Gasteiger charge is -2.14. The SMILES string of the molecule is Cc1c(N)cccc1SC(C)C(=O)Nc1ccccc1. The van der Waals surface area contributed by atoms with Gasteiger partial charge in [-0.25, -0.2) is 0 Å². The fourth-order valence-corrected chi connectivity index (χ4v) is 2.77. The Bertz CT molecular complexity index is 599. The highest BCUT2D eigenvalue weighted by molar-refractivity contribution is 8.00. The highest BCUT2D eigenvalue weighted by Gasteiger charge is 2.16. The summed E-state index contributed by atoms with van der Waals surface area (Å²) in [5, 5.41) is 2.72. The molecule has 1 amide bonds. The molecule has 0 radical (unpaired) electrons. The maximum Gasteiger partial charge on any atom is 0.237 e. The van der Waals surface area contributed by atoms with Crippen molar-refractivity contribution in [2.24, 2.45) is 0 Å². The number of amides is 1. The molecule has 3 nitrogen and oxygen atoms in total. The number of nitrogen functional groups attached to an aromatic ring is 1. The van der Waals surface area contributed by atoms with Crippen molar-refractivity contribution in [2.75, 3.05) is 11.1 Å². The summed E-state index contributed by atoms with van der Waals surface area (Å²) < 4.78 is 0. The molecule has 2 rings (SSSR count). The standard InChI is InChI=1S/C16H18N2OS/c1-11-14(17)9-6-10-15(11)20-12(2)16(19)18-13-7-4-3-5-8-13/h3-10,12H,17H2,1-2H3,(H,18,19). The summed E-state index contributed by atoms with van der Waals surface area (Å²) in [7, 11) is 0. The van der Waals surface area contributed by atoms with Crippen LogP contribution in [0, 0.1) is 6.92 Å². The van der Waals surface area contributed by atoms with Crippen molar-refractivity contribution in [2.45, 2.75) is 24.0 Å². The van der Waals surface area contributed by atoms with Crippen LogP contribution in [0.2, 0.25) is 0 Å². The van der Waals surface area contributed by atoms with Gasteiger partial charge in [0.15, 0.2) is 0 Å². The zero-order chi connectivity index (χ0) is 14.5. The van der Waals surface area contributed by atoms with Crippen LogP contribution < -0.4 is 11.1 Å². The molecule has 0 aliphatic carbocycles. The molecule has 0 saturated heterocycles. The largest absolute Gasteiger partial charge is 0.398 e. The van der Waals surface area contributed by atoms with Gasteiger partial charge >= 0.3 is 0 Å². The highest BCUT2D eigenvalue weighted by atomic mass is 32.2. The minimum atomic E-state index is -0.185. The Kier molecular flexibility index (Phi) is 4.69. The average Bonchev–Trinajstić information content (AvgIpc) is 2.45.